The lowest BCUT2D eigenvalue weighted by Gasteiger charge is -2.37. The molecule has 8 nitrogen and oxygen atoms in total. The molecular weight excluding hydrogens is 432 g/mol. The number of piperazine rings is 1. The van der Waals surface area contributed by atoms with E-state index in [2.05, 4.69) is 21.2 Å². The van der Waals surface area contributed by atoms with Crippen LogP contribution >= 0.6 is 0 Å². The number of hydrogen-bond donors (Lipinski definition) is 2. The van der Waals surface area contributed by atoms with Crippen molar-refractivity contribution in [2.75, 3.05) is 47.9 Å². The standard InChI is InChI=1S/C26H30N4O4/c1-4-34-23-8-6-5-7-22(23)29-11-13-30(14-12-29)24-16-20(26(32)33)19-15-18(9-10-21(19)28-24)27-25(31)17(2)3/h5-10,15-17H,4,11-14H2,1-3H3,(H,27,31)(H,32,33). The molecule has 0 bridgehead atoms. The summed E-state index contributed by atoms with van der Waals surface area (Å²) in [7, 11) is 0. The molecule has 1 fully saturated rings. The first-order valence-electron chi connectivity index (χ1n) is 11.6. The lowest BCUT2D eigenvalue weighted by atomic mass is 10.1. The molecule has 1 aliphatic rings. The Balaban J connectivity index is 1.57. The minimum absolute atomic E-state index is 0.121. The summed E-state index contributed by atoms with van der Waals surface area (Å²) < 4.78 is 5.78. The number of rotatable bonds is 7. The fourth-order valence-corrected chi connectivity index (χ4v) is 4.09. The van der Waals surface area contributed by atoms with Crippen LogP contribution in [0.25, 0.3) is 10.9 Å². The molecule has 1 saturated heterocycles. The fraction of sp³-hybridized carbons (Fsp3) is 0.346. The van der Waals surface area contributed by atoms with Gasteiger partial charge in [0, 0.05) is 43.2 Å². The Morgan fingerprint density at radius 1 is 1.06 bits per heavy atom. The third-order valence-electron chi connectivity index (χ3n) is 5.93. The van der Waals surface area contributed by atoms with Gasteiger partial charge in [0.2, 0.25) is 5.91 Å². The lowest BCUT2D eigenvalue weighted by Crippen LogP contribution is -2.47. The van der Waals surface area contributed by atoms with E-state index < -0.39 is 5.97 Å². The van der Waals surface area contributed by atoms with E-state index in [-0.39, 0.29) is 17.4 Å². The predicted octanol–water partition coefficient (Wildman–Crippen LogP) is 4.25. The van der Waals surface area contributed by atoms with Gasteiger partial charge in [-0.25, -0.2) is 9.78 Å². The molecule has 0 spiro atoms. The second-order valence-corrected chi connectivity index (χ2v) is 8.58. The van der Waals surface area contributed by atoms with Crippen molar-refractivity contribution in [3.63, 3.8) is 0 Å². The van der Waals surface area contributed by atoms with Gasteiger partial charge in [0.1, 0.15) is 11.6 Å². The number of amides is 1. The van der Waals surface area contributed by atoms with Crippen LogP contribution in [0.4, 0.5) is 17.2 Å². The van der Waals surface area contributed by atoms with Crippen molar-refractivity contribution >= 4 is 40.0 Å². The van der Waals surface area contributed by atoms with Crippen molar-refractivity contribution in [3.8, 4) is 5.75 Å². The first-order chi connectivity index (χ1) is 16.4. The zero-order chi connectivity index (χ0) is 24.2. The molecule has 1 amide bonds. The van der Waals surface area contributed by atoms with Gasteiger partial charge in [-0.15, -0.1) is 0 Å². The van der Waals surface area contributed by atoms with E-state index in [4.69, 9.17) is 9.72 Å². The molecule has 0 aliphatic carbocycles. The number of carbonyl (C=O) groups is 2. The Bertz CT molecular complexity index is 1200. The summed E-state index contributed by atoms with van der Waals surface area (Å²) in [5.74, 6) is 0.196. The van der Waals surface area contributed by atoms with Crippen molar-refractivity contribution in [3.05, 3.63) is 54.1 Å². The van der Waals surface area contributed by atoms with E-state index >= 15 is 0 Å². The number of nitrogens with zero attached hydrogens (tertiary/aromatic N) is 3. The van der Waals surface area contributed by atoms with E-state index in [0.29, 0.717) is 42.1 Å². The molecule has 34 heavy (non-hydrogen) atoms. The molecule has 2 N–H and O–H groups in total. The first kappa shape index (κ1) is 23.4. The summed E-state index contributed by atoms with van der Waals surface area (Å²) in [6.45, 7) is 9.16. The molecule has 0 radical (unpaired) electrons. The lowest BCUT2D eigenvalue weighted by molar-refractivity contribution is -0.118. The molecule has 1 aromatic heterocycles. The monoisotopic (exact) mass is 462 g/mol. The van der Waals surface area contributed by atoms with Crippen molar-refractivity contribution in [2.45, 2.75) is 20.8 Å². The number of carboxylic acids is 1. The van der Waals surface area contributed by atoms with Crippen LogP contribution in [0.15, 0.2) is 48.5 Å². The summed E-state index contributed by atoms with van der Waals surface area (Å²) >= 11 is 0. The number of nitrogens with one attached hydrogen (secondary N) is 1. The van der Waals surface area contributed by atoms with E-state index in [0.717, 1.165) is 24.5 Å². The number of aromatic nitrogens is 1. The molecule has 0 unspecified atom stereocenters. The SMILES string of the molecule is CCOc1ccccc1N1CCN(c2cc(C(=O)O)c3cc(NC(=O)C(C)C)ccc3n2)CC1. The number of hydrogen-bond acceptors (Lipinski definition) is 6. The molecule has 2 heterocycles. The quantitative estimate of drug-likeness (QED) is 0.542. The molecule has 0 saturated carbocycles. The second-order valence-electron chi connectivity index (χ2n) is 8.58. The molecule has 0 atom stereocenters. The van der Waals surface area contributed by atoms with Gasteiger partial charge in [-0.3, -0.25) is 4.79 Å². The highest BCUT2D eigenvalue weighted by atomic mass is 16.5. The Hall–Kier alpha value is -3.81. The Labute approximate surface area is 199 Å². The van der Waals surface area contributed by atoms with Crippen LogP contribution in [0.1, 0.15) is 31.1 Å². The summed E-state index contributed by atoms with van der Waals surface area (Å²) in [5.41, 5.74) is 2.38. The maximum atomic E-state index is 12.1. The number of ether oxygens (including phenoxy) is 1. The first-order valence-corrected chi connectivity index (χ1v) is 11.6. The summed E-state index contributed by atoms with van der Waals surface area (Å²) in [5, 5.41) is 13.2. The normalized spacial score (nSPS) is 13.9. The molecule has 8 heteroatoms. The van der Waals surface area contributed by atoms with Gasteiger partial charge in [-0.05, 0) is 43.3 Å². The van der Waals surface area contributed by atoms with Gasteiger partial charge in [0.05, 0.1) is 23.4 Å². The Morgan fingerprint density at radius 3 is 2.44 bits per heavy atom. The number of fused-ring (bicyclic) bond motifs is 1. The number of anilines is 3. The van der Waals surface area contributed by atoms with Gasteiger partial charge in [0.15, 0.2) is 0 Å². The van der Waals surface area contributed by atoms with E-state index in [1.165, 1.54) is 0 Å². The summed E-state index contributed by atoms with van der Waals surface area (Å²) in [6, 6.07) is 14.8. The van der Waals surface area contributed by atoms with Crippen molar-refractivity contribution < 1.29 is 19.4 Å². The van der Waals surface area contributed by atoms with Crippen molar-refractivity contribution in [2.24, 2.45) is 5.92 Å². The number of aromatic carboxylic acids is 1. The van der Waals surface area contributed by atoms with Crippen LogP contribution in [0, 0.1) is 5.92 Å². The van der Waals surface area contributed by atoms with Crippen LogP contribution in [0.5, 0.6) is 5.75 Å². The highest BCUT2D eigenvalue weighted by Gasteiger charge is 2.23. The van der Waals surface area contributed by atoms with Crippen LogP contribution in [0.2, 0.25) is 0 Å². The third kappa shape index (κ3) is 4.90. The number of pyridine rings is 1. The molecular formula is C26H30N4O4. The summed E-state index contributed by atoms with van der Waals surface area (Å²) in [6.07, 6.45) is 0. The minimum atomic E-state index is -1.02. The second kappa shape index (κ2) is 9.99. The average molecular weight is 463 g/mol. The highest BCUT2D eigenvalue weighted by molar-refractivity contribution is 6.05. The predicted molar refractivity (Wildman–Crippen MR) is 134 cm³/mol. The minimum Gasteiger partial charge on any atom is -0.492 e. The Kier molecular flexibility index (Phi) is 6.86. The maximum absolute atomic E-state index is 12.1. The van der Waals surface area contributed by atoms with E-state index in [1.54, 1.807) is 24.3 Å². The molecule has 1 aliphatic heterocycles. The highest BCUT2D eigenvalue weighted by Crippen LogP contribution is 2.31. The number of carbonyl (C=O) groups excluding carboxylic acids is 1. The number of para-hydroxylation sites is 2. The molecule has 2 aromatic carbocycles. The van der Waals surface area contributed by atoms with Crippen molar-refractivity contribution in [1.29, 1.82) is 0 Å². The van der Waals surface area contributed by atoms with Crippen LogP contribution in [-0.2, 0) is 4.79 Å². The van der Waals surface area contributed by atoms with Gasteiger partial charge >= 0.3 is 5.97 Å². The maximum Gasteiger partial charge on any atom is 0.336 e. The zero-order valence-corrected chi connectivity index (χ0v) is 19.7. The van der Waals surface area contributed by atoms with E-state index in [9.17, 15) is 14.7 Å². The van der Waals surface area contributed by atoms with Gasteiger partial charge in [-0.2, -0.15) is 0 Å². The third-order valence-corrected chi connectivity index (χ3v) is 5.93. The van der Waals surface area contributed by atoms with Crippen LogP contribution in [0.3, 0.4) is 0 Å². The fourth-order valence-electron chi connectivity index (χ4n) is 4.09. The van der Waals surface area contributed by atoms with Crippen LogP contribution < -0.4 is 19.9 Å². The largest absolute Gasteiger partial charge is 0.492 e. The van der Waals surface area contributed by atoms with E-state index in [1.807, 2.05) is 39.0 Å². The van der Waals surface area contributed by atoms with Gasteiger partial charge < -0.3 is 25.0 Å². The van der Waals surface area contributed by atoms with Gasteiger partial charge in [0.25, 0.3) is 0 Å². The molecule has 4 rings (SSSR count). The summed E-state index contributed by atoms with van der Waals surface area (Å²) in [4.78, 5) is 33.3. The smallest absolute Gasteiger partial charge is 0.336 e. The molecule has 178 valence electrons. The van der Waals surface area contributed by atoms with Crippen LogP contribution in [-0.4, -0.2) is 54.8 Å². The van der Waals surface area contributed by atoms with Gasteiger partial charge in [-0.1, -0.05) is 26.0 Å². The number of carboxylic acid groups (broad SMARTS) is 1. The average Bonchev–Trinajstić information content (AvgIpc) is 2.84. The molecule has 3 aromatic rings. The Morgan fingerprint density at radius 2 is 1.76 bits per heavy atom. The number of benzene rings is 2. The van der Waals surface area contributed by atoms with Crippen molar-refractivity contribution in [1.82, 2.24) is 4.98 Å². The topological polar surface area (TPSA) is 95.0 Å². The zero-order valence-electron chi connectivity index (χ0n) is 19.7.